The van der Waals surface area contributed by atoms with Gasteiger partial charge >= 0.3 is 5.97 Å². The van der Waals surface area contributed by atoms with Crippen LogP contribution in [0.15, 0.2) is 11.4 Å². The topological polar surface area (TPSA) is 26.3 Å². The average molecular weight is 336 g/mol. The number of benzene rings is 1. The summed E-state index contributed by atoms with van der Waals surface area (Å²) in [4.78, 5) is 11.7. The number of carbonyl (C=O) groups excluding carboxylic acids is 1. The average Bonchev–Trinajstić information content (AvgIpc) is 2.91. The molecule has 0 aliphatic heterocycles. The lowest BCUT2D eigenvalue weighted by molar-refractivity contribution is 0.0727. The van der Waals surface area contributed by atoms with E-state index in [4.69, 9.17) is 0 Å². The number of rotatable bonds is 4. The lowest BCUT2D eigenvalue weighted by atomic mass is 10.1. The van der Waals surface area contributed by atoms with Crippen LogP contribution in [0.4, 0.5) is 22.0 Å². The van der Waals surface area contributed by atoms with Crippen LogP contribution < -0.4 is 4.74 Å². The van der Waals surface area contributed by atoms with Crippen LogP contribution in [0.5, 0.6) is 5.06 Å². The molecule has 1 aromatic heterocycles. The van der Waals surface area contributed by atoms with E-state index < -0.39 is 40.6 Å². The van der Waals surface area contributed by atoms with Crippen LogP contribution in [0.3, 0.4) is 0 Å². The van der Waals surface area contributed by atoms with Crippen molar-refractivity contribution in [3.05, 3.63) is 51.7 Å². The molecule has 0 aliphatic carbocycles. The Morgan fingerprint density at radius 2 is 1.59 bits per heavy atom. The van der Waals surface area contributed by atoms with Crippen molar-refractivity contribution in [3.8, 4) is 5.06 Å². The number of esters is 1. The van der Waals surface area contributed by atoms with E-state index in [1.807, 2.05) is 6.92 Å². The molecule has 0 fully saturated rings. The molecule has 0 radical (unpaired) electrons. The molecule has 0 aliphatic rings. The molecular formula is C14H9F5O2S. The van der Waals surface area contributed by atoms with E-state index in [1.165, 1.54) is 6.07 Å². The van der Waals surface area contributed by atoms with Crippen LogP contribution in [-0.2, 0) is 6.42 Å². The summed E-state index contributed by atoms with van der Waals surface area (Å²) in [5, 5.41) is 1.68. The number of hydrogen-bond acceptors (Lipinski definition) is 3. The van der Waals surface area contributed by atoms with E-state index in [1.54, 1.807) is 5.38 Å². The molecule has 0 unspecified atom stereocenters. The van der Waals surface area contributed by atoms with E-state index in [0.717, 1.165) is 23.3 Å². The monoisotopic (exact) mass is 336 g/mol. The highest BCUT2D eigenvalue weighted by molar-refractivity contribution is 7.12. The third-order valence-electron chi connectivity index (χ3n) is 2.78. The summed E-state index contributed by atoms with van der Waals surface area (Å²) in [6.45, 7) is 1.93. The van der Waals surface area contributed by atoms with Crippen molar-refractivity contribution < 1.29 is 31.5 Å². The second kappa shape index (κ2) is 6.43. The Labute approximate surface area is 126 Å². The quantitative estimate of drug-likeness (QED) is 0.353. The molecule has 0 bridgehead atoms. The molecule has 22 heavy (non-hydrogen) atoms. The highest BCUT2D eigenvalue weighted by atomic mass is 32.1. The smallest absolute Gasteiger partial charge is 0.350 e. The Morgan fingerprint density at radius 1 is 1.05 bits per heavy atom. The zero-order valence-electron chi connectivity index (χ0n) is 11.2. The Balaban J connectivity index is 2.33. The van der Waals surface area contributed by atoms with Gasteiger partial charge in [0.25, 0.3) is 0 Å². The molecule has 0 spiro atoms. The van der Waals surface area contributed by atoms with Crippen molar-refractivity contribution in [1.29, 1.82) is 0 Å². The Hall–Kier alpha value is -1.96. The highest BCUT2D eigenvalue weighted by Gasteiger charge is 2.31. The van der Waals surface area contributed by atoms with Crippen molar-refractivity contribution in [1.82, 2.24) is 0 Å². The molecule has 1 aromatic carbocycles. The highest BCUT2D eigenvalue weighted by Crippen LogP contribution is 2.28. The fraction of sp³-hybridized carbons (Fsp3) is 0.214. The van der Waals surface area contributed by atoms with Gasteiger partial charge in [0.1, 0.15) is 5.56 Å². The van der Waals surface area contributed by atoms with E-state index in [0.29, 0.717) is 6.42 Å². The normalized spacial score (nSPS) is 10.8. The fourth-order valence-corrected chi connectivity index (χ4v) is 2.55. The minimum absolute atomic E-state index is 0.0115. The lowest BCUT2D eigenvalue weighted by Gasteiger charge is -2.07. The Bertz CT molecular complexity index is 697. The number of carbonyl (C=O) groups is 1. The summed E-state index contributed by atoms with van der Waals surface area (Å²) < 4.78 is 70.6. The molecule has 1 heterocycles. The number of thiophene rings is 1. The molecule has 0 amide bonds. The van der Waals surface area contributed by atoms with Crippen LogP contribution in [0.2, 0.25) is 0 Å². The van der Waals surface area contributed by atoms with Gasteiger partial charge in [0.2, 0.25) is 5.82 Å². The van der Waals surface area contributed by atoms with Gasteiger partial charge < -0.3 is 4.74 Å². The standard InChI is InChI=1S/C14H9F5O2S/c1-2-3-6-4-7(22-5-6)21-14(20)8-9(15)11(17)13(19)12(18)10(8)16/h4-5H,2-3H2,1H3. The van der Waals surface area contributed by atoms with E-state index in [9.17, 15) is 26.7 Å². The molecule has 0 saturated heterocycles. The molecule has 8 heteroatoms. The lowest BCUT2D eigenvalue weighted by Crippen LogP contribution is -2.17. The van der Waals surface area contributed by atoms with Gasteiger partial charge in [-0.1, -0.05) is 13.3 Å². The van der Waals surface area contributed by atoms with Gasteiger partial charge in [0.05, 0.1) is 0 Å². The van der Waals surface area contributed by atoms with Crippen LogP contribution >= 0.6 is 11.3 Å². The number of halogens is 5. The van der Waals surface area contributed by atoms with Crippen LogP contribution in [0.1, 0.15) is 29.3 Å². The third kappa shape index (κ3) is 2.96. The zero-order valence-corrected chi connectivity index (χ0v) is 12.0. The third-order valence-corrected chi connectivity index (χ3v) is 3.63. The molecule has 2 aromatic rings. The second-order valence-corrected chi connectivity index (χ2v) is 5.23. The number of ether oxygens (including phenoxy) is 1. The number of hydrogen-bond donors (Lipinski definition) is 0. The SMILES string of the molecule is CCCc1csc(OC(=O)c2c(F)c(F)c(F)c(F)c2F)c1. The first kappa shape index (κ1) is 16.4. The molecule has 2 rings (SSSR count). The number of aryl methyl sites for hydroxylation is 1. The minimum atomic E-state index is -2.33. The van der Waals surface area contributed by atoms with Gasteiger partial charge in [-0.3, -0.25) is 0 Å². The first-order chi connectivity index (χ1) is 10.4. The van der Waals surface area contributed by atoms with Gasteiger partial charge in [-0.25, -0.2) is 26.7 Å². The fourth-order valence-electron chi connectivity index (χ4n) is 1.75. The molecular weight excluding hydrogens is 327 g/mol. The van der Waals surface area contributed by atoms with Crippen LogP contribution in [-0.4, -0.2) is 5.97 Å². The van der Waals surface area contributed by atoms with Crippen LogP contribution in [0, 0.1) is 29.1 Å². The summed E-state index contributed by atoms with van der Waals surface area (Å²) in [6, 6.07) is 1.47. The molecule has 2 nitrogen and oxygen atoms in total. The van der Waals surface area contributed by atoms with Crippen molar-refractivity contribution >= 4 is 17.3 Å². The van der Waals surface area contributed by atoms with Gasteiger partial charge in [0, 0.05) is 0 Å². The van der Waals surface area contributed by atoms with Gasteiger partial charge in [-0.15, -0.1) is 11.3 Å². The summed E-state index contributed by atoms with van der Waals surface area (Å²) in [5.41, 5.74) is -0.769. The van der Waals surface area contributed by atoms with Crippen molar-refractivity contribution in [2.24, 2.45) is 0 Å². The van der Waals surface area contributed by atoms with E-state index in [-0.39, 0.29) is 5.06 Å². The largest absolute Gasteiger partial charge is 0.412 e. The van der Waals surface area contributed by atoms with E-state index in [2.05, 4.69) is 4.74 Å². The summed E-state index contributed by atoms with van der Waals surface area (Å²) >= 11 is 0.986. The predicted molar refractivity (Wildman–Crippen MR) is 69.5 cm³/mol. The molecule has 118 valence electrons. The first-order valence-electron chi connectivity index (χ1n) is 6.17. The van der Waals surface area contributed by atoms with Crippen molar-refractivity contribution in [2.75, 3.05) is 0 Å². The van der Waals surface area contributed by atoms with E-state index >= 15 is 0 Å². The first-order valence-corrected chi connectivity index (χ1v) is 7.05. The van der Waals surface area contributed by atoms with Crippen molar-refractivity contribution in [3.63, 3.8) is 0 Å². The maximum atomic E-state index is 13.5. The van der Waals surface area contributed by atoms with Gasteiger partial charge in [0.15, 0.2) is 28.3 Å². The maximum absolute atomic E-state index is 13.5. The van der Waals surface area contributed by atoms with Crippen molar-refractivity contribution in [2.45, 2.75) is 19.8 Å². The summed E-state index contributed by atoms with van der Waals surface area (Å²) in [6.07, 6.45) is 1.54. The second-order valence-electron chi connectivity index (χ2n) is 4.36. The predicted octanol–water partition coefficient (Wildman–Crippen LogP) is 4.62. The molecule has 0 atom stereocenters. The maximum Gasteiger partial charge on any atom is 0.350 e. The van der Waals surface area contributed by atoms with Crippen LogP contribution in [0.25, 0.3) is 0 Å². The van der Waals surface area contributed by atoms with Gasteiger partial charge in [-0.2, -0.15) is 0 Å². The Kier molecular flexibility index (Phi) is 4.80. The Morgan fingerprint density at radius 3 is 2.14 bits per heavy atom. The zero-order chi connectivity index (χ0) is 16.4. The molecule has 0 saturated carbocycles. The summed E-state index contributed by atoms with van der Waals surface area (Å²) in [5.74, 6) is -12.8. The van der Waals surface area contributed by atoms with Gasteiger partial charge in [-0.05, 0) is 23.4 Å². The minimum Gasteiger partial charge on any atom is -0.412 e. The molecule has 0 N–H and O–H groups in total. The summed E-state index contributed by atoms with van der Waals surface area (Å²) in [7, 11) is 0.